The molecule has 0 unspecified atom stereocenters. The maximum Gasteiger partial charge on any atom is 0.322 e. The lowest BCUT2D eigenvalue weighted by Crippen LogP contribution is -2.47. The van der Waals surface area contributed by atoms with Gasteiger partial charge in [0.1, 0.15) is 17.6 Å². The number of benzene rings is 1. The Morgan fingerprint density at radius 1 is 1.17 bits per heavy atom. The lowest BCUT2D eigenvalue weighted by atomic mass is 10.1. The van der Waals surface area contributed by atoms with Crippen LogP contribution in [0.2, 0.25) is 0 Å². The molecule has 0 aliphatic heterocycles. The number of methoxy groups -OCH3 is 1. The molecule has 0 spiro atoms. The van der Waals surface area contributed by atoms with Gasteiger partial charge in [-0.25, -0.2) is 0 Å². The Bertz CT molecular complexity index is 829. The van der Waals surface area contributed by atoms with Crippen LogP contribution < -0.4 is 0 Å². The van der Waals surface area contributed by atoms with Crippen molar-refractivity contribution in [1.29, 1.82) is 0 Å². The third-order valence-electron chi connectivity index (χ3n) is 5.63. The van der Waals surface area contributed by atoms with Gasteiger partial charge in [-0.05, 0) is 56.7 Å². The van der Waals surface area contributed by atoms with E-state index >= 15 is 0 Å². The SMILES string of the molecule is COC(=O)[C@H](C)N(CC(=O)N(CCc1ccccc1)Cc1ccc(C)o1)CC1CC1. The van der Waals surface area contributed by atoms with Crippen molar-refractivity contribution in [2.75, 3.05) is 26.7 Å². The molecule has 3 rings (SSSR count). The molecule has 0 radical (unpaired) electrons. The van der Waals surface area contributed by atoms with E-state index in [4.69, 9.17) is 9.15 Å². The number of carbonyl (C=O) groups excluding carboxylic acids is 2. The van der Waals surface area contributed by atoms with Crippen LogP contribution in [0.15, 0.2) is 46.9 Å². The van der Waals surface area contributed by atoms with Crippen molar-refractivity contribution in [2.24, 2.45) is 5.92 Å². The minimum Gasteiger partial charge on any atom is -0.468 e. The van der Waals surface area contributed by atoms with Crippen LogP contribution in [0.4, 0.5) is 0 Å². The van der Waals surface area contributed by atoms with Gasteiger partial charge < -0.3 is 14.1 Å². The van der Waals surface area contributed by atoms with E-state index in [0.717, 1.165) is 37.3 Å². The summed E-state index contributed by atoms with van der Waals surface area (Å²) in [6.07, 6.45) is 3.07. The minimum absolute atomic E-state index is 0.00335. The van der Waals surface area contributed by atoms with E-state index in [1.807, 2.05) is 54.0 Å². The van der Waals surface area contributed by atoms with E-state index in [-0.39, 0.29) is 18.4 Å². The molecular formula is C24H32N2O4. The van der Waals surface area contributed by atoms with Crippen LogP contribution >= 0.6 is 0 Å². The van der Waals surface area contributed by atoms with Crippen LogP contribution in [0.25, 0.3) is 0 Å². The van der Waals surface area contributed by atoms with Crippen LogP contribution in [0.1, 0.15) is 36.8 Å². The Hall–Kier alpha value is -2.60. The van der Waals surface area contributed by atoms with Gasteiger partial charge in [-0.1, -0.05) is 30.3 Å². The second kappa shape index (κ2) is 10.4. The largest absolute Gasteiger partial charge is 0.468 e. The molecule has 0 bridgehead atoms. The summed E-state index contributed by atoms with van der Waals surface area (Å²) in [6.45, 7) is 5.66. The molecule has 162 valence electrons. The molecule has 1 fully saturated rings. The maximum absolute atomic E-state index is 13.3. The number of aryl methyl sites for hydroxylation is 1. The molecule has 1 heterocycles. The van der Waals surface area contributed by atoms with Gasteiger partial charge >= 0.3 is 5.97 Å². The van der Waals surface area contributed by atoms with E-state index in [2.05, 4.69) is 12.1 Å². The van der Waals surface area contributed by atoms with Gasteiger partial charge in [0.25, 0.3) is 0 Å². The summed E-state index contributed by atoms with van der Waals surface area (Å²) in [5.74, 6) is 1.85. The number of hydrogen-bond donors (Lipinski definition) is 0. The Morgan fingerprint density at radius 2 is 1.90 bits per heavy atom. The first kappa shape index (κ1) is 22.1. The van der Waals surface area contributed by atoms with E-state index in [1.54, 1.807) is 0 Å². The van der Waals surface area contributed by atoms with Crippen LogP contribution in [0.3, 0.4) is 0 Å². The zero-order valence-electron chi connectivity index (χ0n) is 18.2. The van der Waals surface area contributed by atoms with Crippen LogP contribution in [0.5, 0.6) is 0 Å². The highest BCUT2D eigenvalue weighted by atomic mass is 16.5. The molecule has 1 aromatic heterocycles. The first-order chi connectivity index (χ1) is 14.5. The fraction of sp³-hybridized carbons (Fsp3) is 0.500. The molecule has 1 aliphatic rings. The van der Waals surface area contributed by atoms with E-state index in [9.17, 15) is 9.59 Å². The predicted molar refractivity (Wildman–Crippen MR) is 115 cm³/mol. The first-order valence-electron chi connectivity index (χ1n) is 10.6. The van der Waals surface area contributed by atoms with Gasteiger partial charge in [-0.3, -0.25) is 14.5 Å². The predicted octanol–water partition coefficient (Wildman–Crippen LogP) is 3.43. The highest BCUT2D eigenvalue weighted by Crippen LogP contribution is 2.30. The van der Waals surface area contributed by atoms with Crippen molar-refractivity contribution in [3.63, 3.8) is 0 Å². The molecule has 6 nitrogen and oxygen atoms in total. The summed E-state index contributed by atoms with van der Waals surface area (Å²) in [7, 11) is 1.39. The van der Waals surface area contributed by atoms with Gasteiger partial charge in [-0.15, -0.1) is 0 Å². The summed E-state index contributed by atoms with van der Waals surface area (Å²) in [4.78, 5) is 29.2. The molecule has 6 heteroatoms. The number of furan rings is 1. The Kier molecular flexibility index (Phi) is 7.69. The molecule has 0 N–H and O–H groups in total. The van der Waals surface area contributed by atoms with Gasteiger partial charge in [0.15, 0.2) is 0 Å². The Labute approximate surface area is 178 Å². The maximum atomic E-state index is 13.3. The van der Waals surface area contributed by atoms with Crippen LogP contribution in [0, 0.1) is 12.8 Å². The third-order valence-corrected chi connectivity index (χ3v) is 5.63. The van der Waals surface area contributed by atoms with Crippen molar-refractivity contribution in [2.45, 2.75) is 45.7 Å². The number of rotatable bonds is 11. The van der Waals surface area contributed by atoms with Crippen molar-refractivity contribution in [3.05, 3.63) is 59.5 Å². The van der Waals surface area contributed by atoms with Crippen LogP contribution in [-0.4, -0.2) is 54.5 Å². The number of esters is 1. The topological polar surface area (TPSA) is 63.0 Å². The van der Waals surface area contributed by atoms with Crippen molar-refractivity contribution < 1.29 is 18.7 Å². The average molecular weight is 413 g/mol. The standard InChI is InChI=1S/C24H32N2O4/c1-18-9-12-22(30-18)16-25(14-13-20-7-5-4-6-8-20)23(27)17-26(15-21-10-11-21)19(2)24(28)29-3/h4-9,12,19,21H,10-11,13-17H2,1-3H3/t19-/m0/s1. The fourth-order valence-corrected chi connectivity index (χ4v) is 3.54. The summed E-state index contributed by atoms with van der Waals surface area (Å²) < 4.78 is 10.6. The highest BCUT2D eigenvalue weighted by molar-refractivity contribution is 5.80. The van der Waals surface area contributed by atoms with Crippen molar-refractivity contribution >= 4 is 11.9 Å². The van der Waals surface area contributed by atoms with E-state index < -0.39 is 6.04 Å². The summed E-state index contributed by atoms with van der Waals surface area (Å²) in [5, 5.41) is 0. The molecule has 0 saturated heterocycles. The van der Waals surface area contributed by atoms with E-state index in [1.165, 1.54) is 12.7 Å². The minimum atomic E-state index is -0.443. The smallest absolute Gasteiger partial charge is 0.322 e. The highest BCUT2D eigenvalue weighted by Gasteiger charge is 2.32. The van der Waals surface area contributed by atoms with Gasteiger partial charge in [-0.2, -0.15) is 0 Å². The Morgan fingerprint density at radius 3 is 2.50 bits per heavy atom. The molecule has 1 atom stereocenters. The number of nitrogens with zero attached hydrogens (tertiary/aromatic N) is 2. The van der Waals surface area contributed by atoms with Gasteiger partial charge in [0.05, 0.1) is 20.2 Å². The molecule has 1 saturated carbocycles. The number of carbonyl (C=O) groups is 2. The average Bonchev–Trinajstić information content (AvgIpc) is 3.48. The van der Waals surface area contributed by atoms with E-state index in [0.29, 0.717) is 19.0 Å². The lowest BCUT2D eigenvalue weighted by Gasteiger charge is -2.30. The normalized spacial score (nSPS) is 14.5. The molecule has 1 aliphatic carbocycles. The zero-order chi connectivity index (χ0) is 21.5. The Balaban J connectivity index is 1.70. The lowest BCUT2D eigenvalue weighted by molar-refractivity contribution is -0.147. The first-order valence-corrected chi connectivity index (χ1v) is 10.6. The van der Waals surface area contributed by atoms with Gasteiger partial charge in [0, 0.05) is 13.1 Å². The van der Waals surface area contributed by atoms with Crippen molar-refractivity contribution in [3.8, 4) is 0 Å². The second-order valence-corrected chi connectivity index (χ2v) is 8.14. The molecule has 2 aromatic rings. The van der Waals surface area contributed by atoms with Crippen molar-refractivity contribution in [1.82, 2.24) is 9.80 Å². The molecule has 1 amide bonds. The third kappa shape index (κ3) is 6.46. The second-order valence-electron chi connectivity index (χ2n) is 8.14. The quantitative estimate of drug-likeness (QED) is 0.529. The number of ether oxygens (including phenoxy) is 1. The molecule has 1 aromatic carbocycles. The number of amides is 1. The monoisotopic (exact) mass is 412 g/mol. The zero-order valence-corrected chi connectivity index (χ0v) is 18.2. The van der Waals surface area contributed by atoms with Gasteiger partial charge in [0.2, 0.25) is 5.91 Å². The summed E-state index contributed by atoms with van der Waals surface area (Å²) >= 11 is 0. The summed E-state index contributed by atoms with van der Waals surface area (Å²) in [5.41, 5.74) is 1.18. The molecular weight excluding hydrogens is 380 g/mol. The molecule has 30 heavy (non-hydrogen) atoms. The summed E-state index contributed by atoms with van der Waals surface area (Å²) in [6, 6.07) is 13.5. The fourth-order valence-electron chi connectivity index (χ4n) is 3.54. The number of hydrogen-bond acceptors (Lipinski definition) is 5. The van der Waals surface area contributed by atoms with Crippen LogP contribution in [-0.2, 0) is 27.3 Å².